The van der Waals surface area contributed by atoms with Crippen LogP contribution in [0.5, 0.6) is 5.75 Å². The van der Waals surface area contributed by atoms with Gasteiger partial charge in [-0.1, -0.05) is 0 Å². The van der Waals surface area contributed by atoms with Gasteiger partial charge in [0.25, 0.3) is 5.56 Å². The highest BCUT2D eigenvalue weighted by atomic mass is 32.1. The van der Waals surface area contributed by atoms with Gasteiger partial charge in [-0.3, -0.25) is 4.79 Å². The van der Waals surface area contributed by atoms with Crippen LogP contribution in [0.4, 0.5) is 0 Å². The Bertz CT molecular complexity index is 893. The maximum atomic E-state index is 12.6. The summed E-state index contributed by atoms with van der Waals surface area (Å²) in [5, 5.41) is 4.91. The zero-order valence-corrected chi connectivity index (χ0v) is 18.2. The average molecular weight is 419 g/mol. The normalized spacial score (nSPS) is 16.3. The molecule has 0 bridgehead atoms. The predicted octanol–water partition coefficient (Wildman–Crippen LogP) is 1.95. The van der Waals surface area contributed by atoms with Crippen LogP contribution in [-0.4, -0.2) is 73.4 Å². The van der Waals surface area contributed by atoms with Gasteiger partial charge in [-0.15, -0.1) is 0 Å². The molecule has 0 spiro atoms. The molecule has 2 heterocycles. The second-order valence-corrected chi connectivity index (χ2v) is 8.01. The van der Waals surface area contributed by atoms with Gasteiger partial charge >= 0.3 is 0 Å². The second-order valence-electron chi connectivity index (χ2n) is 7.62. The van der Waals surface area contributed by atoms with Crippen LogP contribution < -0.4 is 15.6 Å². The highest BCUT2D eigenvalue weighted by Gasteiger charge is 2.18. The third-order valence-electron chi connectivity index (χ3n) is 5.10. The summed E-state index contributed by atoms with van der Waals surface area (Å²) < 4.78 is 11.0. The van der Waals surface area contributed by atoms with Crippen molar-refractivity contribution in [1.82, 2.24) is 20.1 Å². The molecule has 1 aromatic carbocycles. The minimum Gasteiger partial charge on any atom is -0.497 e. The summed E-state index contributed by atoms with van der Waals surface area (Å²) in [5.41, 5.74) is 1.36. The van der Waals surface area contributed by atoms with Gasteiger partial charge in [0.05, 0.1) is 19.8 Å². The maximum Gasteiger partial charge on any atom is 0.253 e. The molecular formula is C21H30N4O3S. The zero-order valence-electron chi connectivity index (χ0n) is 17.4. The van der Waals surface area contributed by atoms with E-state index in [4.69, 9.17) is 21.7 Å². The van der Waals surface area contributed by atoms with Crippen LogP contribution in [0.15, 0.2) is 29.1 Å². The Hall–Kier alpha value is -2.16. The molecule has 2 aromatic rings. The van der Waals surface area contributed by atoms with Crippen molar-refractivity contribution in [2.24, 2.45) is 0 Å². The van der Waals surface area contributed by atoms with Gasteiger partial charge < -0.3 is 29.6 Å². The molecule has 29 heavy (non-hydrogen) atoms. The molecule has 1 aliphatic heterocycles. The summed E-state index contributed by atoms with van der Waals surface area (Å²) in [6.07, 6.45) is 2.36. The lowest BCUT2D eigenvalue weighted by Crippen LogP contribution is -2.45. The third-order valence-corrected chi connectivity index (χ3v) is 5.50. The van der Waals surface area contributed by atoms with E-state index < -0.39 is 0 Å². The third kappa shape index (κ3) is 5.91. The van der Waals surface area contributed by atoms with Gasteiger partial charge in [0.1, 0.15) is 5.75 Å². The average Bonchev–Trinajstić information content (AvgIpc) is 3.22. The number of hydrogen-bond donors (Lipinski definition) is 2. The van der Waals surface area contributed by atoms with E-state index in [0.717, 1.165) is 49.2 Å². The number of hydrogen-bond acceptors (Lipinski definition) is 5. The highest BCUT2D eigenvalue weighted by molar-refractivity contribution is 7.80. The Kier molecular flexibility index (Phi) is 7.46. The van der Waals surface area contributed by atoms with Gasteiger partial charge in [0.15, 0.2) is 5.11 Å². The summed E-state index contributed by atoms with van der Waals surface area (Å²) in [7, 11) is 5.68. The number of rotatable bonds is 8. The number of thiocarbonyl (C=S) groups is 1. The van der Waals surface area contributed by atoms with E-state index in [1.165, 1.54) is 0 Å². The van der Waals surface area contributed by atoms with Crippen molar-refractivity contribution >= 4 is 28.2 Å². The standard InChI is InChI=1S/C21H30N4O3S/c1-24(2)8-9-25(21(29)22-13-18-5-4-10-28-18)14-16-11-15-12-17(27-3)6-7-19(15)23-20(16)26/h6-7,11-12,18H,4-5,8-10,13-14H2,1-3H3,(H,22,29)(H,23,26). The number of aromatic nitrogens is 1. The van der Waals surface area contributed by atoms with E-state index >= 15 is 0 Å². The fraction of sp³-hybridized carbons (Fsp3) is 0.524. The van der Waals surface area contributed by atoms with Crippen molar-refractivity contribution < 1.29 is 9.47 Å². The van der Waals surface area contributed by atoms with Crippen LogP contribution in [-0.2, 0) is 11.3 Å². The largest absolute Gasteiger partial charge is 0.497 e. The van der Waals surface area contributed by atoms with Crippen LogP contribution in [0.25, 0.3) is 10.9 Å². The SMILES string of the molecule is COc1ccc2[nH]c(=O)c(CN(CCN(C)C)C(=S)NCC3CCCO3)cc2c1. The minimum absolute atomic E-state index is 0.0977. The van der Waals surface area contributed by atoms with Crippen LogP contribution >= 0.6 is 12.2 Å². The Balaban J connectivity index is 1.77. The first-order valence-electron chi connectivity index (χ1n) is 9.95. The lowest BCUT2D eigenvalue weighted by Gasteiger charge is -2.28. The number of ether oxygens (including phenoxy) is 2. The lowest BCUT2D eigenvalue weighted by molar-refractivity contribution is 0.113. The molecule has 0 aliphatic carbocycles. The topological polar surface area (TPSA) is 69.8 Å². The molecule has 8 heteroatoms. The first-order valence-corrected chi connectivity index (χ1v) is 10.4. The number of H-pyrrole nitrogens is 1. The van der Waals surface area contributed by atoms with Gasteiger partial charge in [-0.25, -0.2) is 0 Å². The van der Waals surface area contributed by atoms with Crippen molar-refractivity contribution in [2.75, 3.05) is 47.4 Å². The first-order chi connectivity index (χ1) is 14.0. The second kappa shape index (κ2) is 10.0. The molecule has 7 nitrogen and oxygen atoms in total. The Labute approximate surface area is 177 Å². The van der Waals surface area contributed by atoms with Crippen molar-refractivity contribution in [2.45, 2.75) is 25.5 Å². The molecular weight excluding hydrogens is 388 g/mol. The molecule has 1 aromatic heterocycles. The number of aromatic amines is 1. The van der Waals surface area contributed by atoms with Crippen molar-refractivity contribution in [3.05, 3.63) is 40.2 Å². The number of nitrogens with one attached hydrogen (secondary N) is 2. The summed E-state index contributed by atoms with van der Waals surface area (Å²) in [4.78, 5) is 19.8. The molecule has 0 amide bonds. The van der Waals surface area contributed by atoms with Crippen LogP contribution in [0.1, 0.15) is 18.4 Å². The van der Waals surface area contributed by atoms with Crippen LogP contribution in [0.3, 0.4) is 0 Å². The van der Waals surface area contributed by atoms with Gasteiger partial charge in [-0.05, 0) is 63.4 Å². The molecule has 2 N–H and O–H groups in total. The van der Waals surface area contributed by atoms with Gasteiger partial charge in [0.2, 0.25) is 0 Å². The molecule has 0 saturated carbocycles. The number of fused-ring (bicyclic) bond motifs is 1. The number of methoxy groups -OCH3 is 1. The monoisotopic (exact) mass is 418 g/mol. The Morgan fingerprint density at radius 1 is 1.34 bits per heavy atom. The van der Waals surface area contributed by atoms with E-state index in [1.807, 2.05) is 43.3 Å². The first kappa shape index (κ1) is 21.5. The van der Waals surface area contributed by atoms with Crippen LogP contribution in [0, 0.1) is 0 Å². The number of nitrogens with zero attached hydrogens (tertiary/aromatic N) is 2. The molecule has 1 atom stereocenters. The molecule has 1 saturated heterocycles. The number of benzene rings is 1. The molecule has 1 fully saturated rings. The molecule has 158 valence electrons. The molecule has 3 rings (SSSR count). The fourth-order valence-electron chi connectivity index (χ4n) is 3.37. The van der Waals surface area contributed by atoms with E-state index in [2.05, 4.69) is 15.2 Å². The lowest BCUT2D eigenvalue weighted by atomic mass is 10.1. The van der Waals surface area contributed by atoms with Crippen molar-refractivity contribution in [1.29, 1.82) is 0 Å². The van der Waals surface area contributed by atoms with E-state index in [-0.39, 0.29) is 11.7 Å². The Morgan fingerprint density at radius 3 is 2.86 bits per heavy atom. The maximum absolute atomic E-state index is 12.6. The smallest absolute Gasteiger partial charge is 0.253 e. The molecule has 1 unspecified atom stereocenters. The molecule has 0 radical (unpaired) electrons. The number of pyridine rings is 1. The minimum atomic E-state index is -0.0977. The fourth-order valence-corrected chi connectivity index (χ4v) is 3.61. The van der Waals surface area contributed by atoms with E-state index in [0.29, 0.717) is 23.8 Å². The summed E-state index contributed by atoms with van der Waals surface area (Å²) >= 11 is 5.65. The summed E-state index contributed by atoms with van der Waals surface area (Å²) in [6, 6.07) is 7.54. The van der Waals surface area contributed by atoms with E-state index in [9.17, 15) is 4.79 Å². The van der Waals surface area contributed by atoms with Crippen LogP contribution in [0.2, 0.25) is 0 Å². The van der Waals surface area contributed by atoms with Gasteiger partial charge in [-0.2, -0.15) is 0 Å². The quantitative estimate of drug-likeness (QED) is 0.635. The zero-order chi connectivity index (χ0) is 20.8. The Morgan fingerprint density at radius 2 is 2.17 bits per heavy atom. The number of likely N-dealkylation sites (N-methyl/N-ethyl adjacent to an activating group) is 1. The summed E-state index contributed by atoms with van der Waals surface area (Å²) in [6.45, 7) is 3.51. The van der Waals surface area contributed by atoms with Crippen molar-refractivity contribution in [3.8, 4) is 5.75 Å². The highest BCUT2D eigenvalue weighted by Crippen LogP contribution is 2.19. The summed E-state index contributed by atoms with van der Waals surface area (Å²) in [5.74, 6) is 0.758. The van der Waals surface area contributed by atoms with Crippen molar-refractivity contribution in [3.63, 3.8) is 0 Å². The van der Waals surface area contributed by atoms with E-state index in [1.54, 1.807) is 7.11 Å². The molecule has 1 aliphatic rings. The predicted molar refractivity (Wildman–Crippen MR) is 120 cm³/mol. The van der Waals surface area contributed by atoms with Gasteiger partial charge in [0, 0.05) is 42.7 Å².